The van der Waals surface area contributed by atoms with Gasteiger partial charge < -0.3 is 23.6 Å². The molecule has 1 amide bonds. The quantitative estimate of drug-likeness (QED) is 0.793. The lowest BCUT2D eigenvalue weighted by Gasteiger charge is -2.21. The molecule has 0 saturated heterocycles. The van der Waals surface area contributed by atoms with Crippen LogP contribution in [0.1, 0.15) is 18.6 Å². The Morgan fingerprint density at radius 3 is 2.92 bits per heavy atom. The molecule has 0 bridgehead atoms. The summed E-state index contributed by atoms with van der Waals surface area (Å²) in [6.07, 6.45) is -0.0987. The molecule has 0 radical (unpaired) electrons. The van der Waals surface area contributed by atoms with Gasteiger partial charge in [-0.25, -0.2) is 0 Å². The molecule has 0 aliphatic carbocycles. The van der Waals surface area contributed by atoms with E-state index in [1.807, 2.05) is 0 Å². The van der Waals surface area contributed by atoms with Gasteiger partial charge in [-0.05, 0) is 19.1 Å². The van der Waals surface area contributed by atoms with Gasteiger partial charge in [-0.15, -0.1) is 0 Å². The van der Waals surface area contributed by atoms with Gasteiger partial charge >= 0.3 is 0 Å². The summed E-state index contributed by atoms with van der Waals surface area (Å²) in [5.74, 6) is 2.81. The summed E-state index contributed by atoms with van der Waals surface area (Å²) in [7, 11) is 1.72. The van der Waals surface area contributed by atoms with Crippen molar-refractivity contribution in [2.75, 3.05) is 20.4 Å². The number of aromatic nitrogens is 2. The van der Waals surface area contributed by atoms with Crippen LogP contribution in [0.3, 0.4) is 0 Å². The highest BCUT2D eigenvalue weighted by atomic mass is 16.7. The van der Waals surface area contributed by atoms with E-state index >= 15 is 0 Å². The summed E-state index contributed by atoms with van der Waals surface area (Å²) >= 11 is 0. The Morgan fingerprint density at radius 1 is 1.38 bits per heavy atom. The maximum absolute atomic E-state index is 12.4. The lowest BCUT2D eigenvalue weighted by atomic mass is 10.3. The van der Waals surface area contributed by atoms with Crippen LogP contribution in [0, 0.1) is 6.92 Å². The highest BCUT2D eigenvalue weighted by molar-refractivity contribution is 5.80. The van der Waals surface area contributed by atoms with Gasteiger partial charge in [0.15, 0.2) is 23.4 Å². The summed E-state index contributed by atoms with van der Waals surface area (Å²) in [6, 6.07) is 5.23. The molecule has 1 aliphatic rings. The zero-order chi connectivity index (χ0) is 17.1. The number of amides is 1. The summed E-state index contributed by atoms with van der Waals surface area (Å²) in [5, 5.41) is 3.81. The number of nitrogens with zero attached hydrogens (tertiary/aromatic N) is 3. The molecule has 0 N–H and O–H groups in total. The maximum atomic E-state index is 12.4. The molecule has 2 heterocycles. The minimum Gasteiger partial charge on any atom is -0.481 e. The number of carbonyl (C=O) groups is 1. The number of ether oxygens (including phenoxy) is 3. The third-order valence-corrected chi connectivity index (χ3v) is 3.62. The standard InChI is InChI=1S/C16H19N3O5/c1-10(23-12-4-5-13-14(8-12)22-9-21-13)16(20)19(3)7-6-15-17-11(2)24-18-15/h4-5,8,10H,6-7,9H2,1-3H3. The maximum Gasteiger partial charge on any atom is 0.263 e. The van der Waals surface area contributed by atoms with Crippen molar-refractivity contribution in [3.05, 3.63) is 29.9 Å². The normalized spacial score (nSPS) is 13.6. The average Bonchev–Trinajstić information content (AvgIpc) is 3.19. The molecule has 24 heavy (non-hydrogen) atoms. The fraction of sp³-hybridized carbons (Fsp3) is 0.438. The molecule has 1 aliphatic heterocycles. The molecule has 1 aromatic carbocycles. The van der Waals surface area contributed by atoms with Crippen LogP contribution in [0.5, 0.6) is 17.2 Å². The average molecular weight is 333 g/mol. The zero-order valence-electron chi connectivity index (χ0n) is 13.8. The number of rotatable bonds is 6. The van der Waals surface area contributed by atoms with Crippen LogP contribution in [-0.2, 0) is 11.2 Å². The van der Waals surface area contributed by atoms with E-state index in [0.717, 1.165) is 0 Å². The van der Waals surface area contributed by atoms with Crippen LogP contribution in [0.2, 0.25) is 0 Å². The van der Waals surface area contributed by atoms with E-state index in [1.54, 1.807) is 44.0 Å². The Labute approximate surface area is 139 Å². The van der Waals surface area contributed by atoms with Crippen molar-refractivity contribution in [1.29, 1.82) is 0 Å². The van der Waals surface area contributed by atoms with Gasteiger partial charge in [0.1, 0.15) is 5.75 Å². The largest absolute Gasteiger partial charge is 0.481 e. The van der Waals surface area contributed by atoms with E-state index in [9.17, 15) is 4.79 Å². The van der Waals surface area contributed by atoms with Crippen molar-refractivity contribution in [3.63, 3.8) is 0 Å². The molecule has 2 aromatic rings. The molecule has 0 spiro atoms. The Hall–Kier alpha value is -2.77. The van der Waals surface area contributed by atoms with Crippen LogP contribution in [0.15, 0.2) is 22.7 Å². The third-order valence-electron chi connectivity index (χ3n) is 3.62. The van der Waals surface area contributed by atoms with Crippen LogP contribution in [0.4, 0.5) is 0 Å². The van der Waals surface area contributed by atoms with Gasteiger partial charge in [0.05, 0.1) is 0 Å². The predicted molar refractivity (Wildman–Crippen MR) is 83.0 cm³/mol. The molecular formula is C16H19N3O5. The second-order valence-corrected chi connectivity index (χ2v) is 5.51. The first-order valence-corrected chi connectivity index (χ1v) is 7.63. The number of hydrogen-bond acceptors (Lipinski definition) is 7. The first-order chi connectivity index (χ1) is 11.5. The van der Waals surface area contributed by atoms with Crippen LogP contribution >= 0.6 is 0 Å². The number of likely N-dealkylation sites (N-methyl/N-ethyl adjacent to an activating group) is 1. The molecule has 3 rings (SSSR count). The molecule has 1 aromatic heterocycles. The van der Waals surface area contributed by atoms with Crippen molar-refractivity contribution in [1.82, 2.24) is 15.0 Å². The molecule has 0 fully saturated rings. The molecule has 1 unspecified atom stereocenters. The third kappa shape index (κ3) is 3.58. The highest BCUT2D eigenvalue weighted by Crippen LogP contribution is 2.35. The van der Waals surface area contributed by atoms with E-state index < -0.39 is 6.10 Å². The number of hydrogen-bond donors (Lipinski definition) is 0. The summed E-state index contributed by atoms with van der Waals surface area (Å²) in [4.78, 5) is 18.1. The summed E-state index contributed by atoms with van der Waals surface area (Å²) < 4.78 is 21.2. The van der Waals surface area contributed by atoms with Gasteiger partial charge in [-0.1, -0.05) is 5.16 Å². The zero-order valence-corrected chi connectivity index (χ0v) is 13.8. The number of benzene rings is 1. The molecular weight excluding hydrogens is 314 g/mol. The Morgan fingerprint density at radius 2 is 2.17 bits per heavy atom. The second-order valence-electron chi connectivity index (χ2n) is 5.51. The number of fused-ring (bicyclic) bond motifs is 1. The Bertz CT molecular complexity index is 730. The Balaban J connectivity index is 1.53. The minimum absolute atomic E-state index is 0.132. The van der Waals surface area contributed by atoms with Crippen molar-refractivity contribution in [3.8, 4) is 17.2 Å². The van der Waals surface area contributed by atoms with E-state index in [2.05, 4.69) is 10.1 Å². The molecule has 8 nitrogen and oxygen atoms in total. The molecule has 1 atom stereocenters. The number of aryl methyl sites for hydroxylation is 1. The van der Waals surface area contributed by atoms with Crippen molar-refractivity contribution < 1.29 is 23.5 Å². The molecule has 0 saturated carbocycles. The lowest BCUT2D eigenvalue weighted by molar-refractivity contribution is -0.136. The summed E-state index contributed by atoms with van der Waals surface area (Å²) in [6.45, 7) is 4.12. The van der Waals surface area contributed by atoms with Gasteiger partial charge in [0.25, 0.3) is 5.91 Å². The topological polar surface area (TPSA) is 86.9 Å². The summed E-state index contributed by atoms with van der Waals surface area (Å²) in [5.41, 5.74) is 0. The van der Waals surface area contributed by atoms with Gasteiger partial charge in [0.2, 0.25) is 12.7 Å². The monoisotopic (exact) mass is 333 g/mol. The number of carbonyl (C=O) groups excluding carboxylic acids is 1. The minimum atomic E-state index is -0.623. The van der Waals surface area contributed by atoms with Crippen molar-refractivity contribution in [2.24, 2.45) is 0 Å². The van der Waals surface area contributed by atoms with Crippen LogP contribution in [0.25, 0.3) is 0 Å². The first-order valence-electron chi connectivity index (χ1n) is 7.63. The van der Waals surface area contributed by atoms with Crippen LogP contribution in [-0.4, -0.2) is 47.4 Å². The lowest BCUT2D eigenvalue weighted by Crippen LogP contribution is -2.39. The van der Waals surface area contributed by atoms with E-state index in [4.69, 9.17) is 18.7 Å². The molecule has 8 heteroatoms. The predicted octanol–water partition coefficient (Wildman–Crippen LogP) is 1.58. The second kappa shape index (κ2) is 6.77. The van der Waals surface area contributed by atoms with Crippen molar-refractivity contribution >= 4 is 5.91 Å². The van der Waals surface area contributed by atoms with Gasteiger partial charge in [0, 0.05) is 33.0 Å². The van der Waals surface area contributed by atoms with E-state index in [0.29, 0.717) is 41.9 Å². The fourth-order valence-electron chi connectivity index (χ4n) is 2.34. The van der Waals surface area contributed by atoms with E-state index in [-0.39, 0.29) is 12.7 Å². The van der Waals surface area contributed by atoms with Crippen molar-refractivity contribution in [2.45, 2.75) is 26.4 Å². The van der Waals surface area contributed by atoms with E-state index in [1.165, 1.54) is 0 Å². The molecule has 128 valence electrons. The van der Waals surface area contributed by atoms with Gasteiger partial charge in [-0.2, -0.15) is 4.98 Å². The Kier molecular flexibility index (Phi) is 4.54. The highest BCUT2D eigenvalue weighted by Gasteiger charge is 2.21. The SMILES string of the molecule is Cc1nc(CCN(C)C(=O)C(C)Oc2ccc3c(c2)OCO3)no1. The van der Waals surface area contributed by atoms with Crippen LogP contribution < -0.4 is 14.2 Å². The smallest absolute Gasteiger partial charge is 0.263 e. The first kappa shape index (κ1) is 16.1. The van der Waals surface area contributed by atoms with Gasteiger partial charge in [-0.3, -0.25) is 4.79 Å². The fourth-order valence-corrected chi connectivity index (χ4v) is 2.34.